The van der Waals surface area contributed by atoms with Gasteiger partial charge >= 0.3 is 12.0 Å². The lowest BCUT2D eigenvalue weighted by atomic mass is 10.1. The molecule has 2 bridgehead atoms. The van der Waals surface area contributed by atoms with Gasteiger partial charge in [-0.05, 0) is 25.2 Å². The zero-order valence-electron chi connectivity index (χ0n) is 8.93. The Labute approximate surface area is 93.2 Å². The summed E-state index contributed by atoms with van der Waals surface area (Å²) in [5.74, 6) is -0.705. The van der Waals surface area contributed by atoms with Gasteiger partial charge in [-0.3, -0.25) is 0 Å². The highest BCUT2D eigenvalue weighted by Crippen LogP contribution is 2.37. The maximum absolute atomic E-state index is 11.7. The third-order valence-electron chi connectivity index (χ3n) is 3.40. The van der Waals surface area contributed by atoms with Crippen molar-refractivity contribution in [1.29, 1.82) is 0 Å². The second-order valence-corrected chi connectivity index (χ2v) is 4.53. The van der Waals surface area contributed by atoms with Gasteiger partial charge in [0.15, 0.2) is 6.10 Å². The zero-order chi connectivity index (χ0) is 11.7. The van der Waals surface area contributed by atoms with Crippen LogP contribution in [0.15, 0.2) is 0 Å². The first-order chi connectivity index (χ1) is 7.58. The van der Waals surface area contributed by atoms with Crippen molar-refractivity contribution in [2.75, 3.05) is 13.1 Å². The molecule has 1 aliphatic carbocycles. The molecular weight excluding hydrogens is 212 g/mol. The normalized spacial score (nSPS) is 29.2. The number of carbonyl (C=O) groups is 2. The maximum atomic E-state index is 11.7. The average molecular weight is 228 g/mol. The number of aliphatic hydroxyl groups excluding tert-OH is 1. The standard InChI is InChI=1S/C10H16N2O4/c13-8(9(14)15)4-11-10(16)12-5-6-1-2-7(12)3-6/h6-8,13H,1-5H2,(H,11,16)(H,14,15)/t6?,7?,8-/m0/s1. The SMILES string of the molecule is O=C(O)[C@@H](O)CNC(=O)N1CC2CCC1C2. The number of nitrogens with zero attached hydrogens (tertiary/aromatic N) is 1. The topological polar surface area (TPSA) is 89.9 Å². The predicted octanol–water partition coefficient (Wildman–Crippen LogP) is -0.374. The van der Waals surface area contributed by atoms with Crippen molar-refractivity contribution in [3.05, 3.63) is 0 Å². The number of hydrogen-bond donors (Lipinski definition) is 3. The Kier molecular flexibility index (Phi) is 3.00. The van der Waals surface area contributed by atoms with Crippen LogP contribution in [0, 0.1) is 5.92 Å². The van der Waals surface area contributed by atoms with Gasteiger partial charge in [0.1, 0.15) is 0 Å². The molecule has 0 spiro atoms. The summed E-state index contributed by atoms with van der Waals surface area (Å²) in [5, 5.41) is 19.9. The number of fused-ring (bicyclic) bond motifs is 2. The number of carboxylic acids is 1. The third kappa shape index (κ3) is 2.11. The van der Waals surface area contributed by atoms with Crippen molar-refractivity contribution in [3.8, 4) is 0 Å². The van der Waals surface area contributed by atoms with Crippen LogP contribution in [0.2, 0.25) is 0 Å². The van der Waals surface area contributed by atoms with Crippen molar-refractivity contribution in [1.82, 2.24) is 10.2 Å². The predicted molar refractivity (Wildman–Crippen MR) is 54.9 cm³/mol. The molecule has 0 aromatic rings. The molecule has 0 aromatic carbocycles. The summed E-state index contributed by atoms with van der Waals surface area (Å²) >= 11 is 0. The number of rotatable bonds is 3. The van der Waals surface area contributed by atoms with Gasteiger partial charge in [0.25, 0.3) is 0 Å². The molecule has 1 saturated heterocycles. The molecule has 6 heteroatoms. The highest BCUT2D eigenvalue weighted by molar-refractivity contribution is 5.77. The number of carbonyl (C=O) groups excluding carboxylic acids is 1. The minimum Gasteiger partial charge on any atom is -0.479 e. The van der Waals surface area contributed by atoms with E-state index in [1.165, 1.54) is 6.42 Å². The number of aliphatic hydroxyl groups is 1. The van der Waals surface area contributed by atoms with Crippen LogP contribution in [-0.2, 0) is 4.79 Å². The monoisotopic (exact) mass is 228 g/mol. The molecule has 1 saturated carbocycles. The van der Waals surface area contributed by atoms with Gasteiger partial charge in [0, 0.05) is 12.6 Å². The van der Waals surface area contributed by atoms with Crippen LogP contribution in [0.1, 0.15) is 19.3 Å². The van der Waals surface area contributed by atoms with Crippen LogP contribution in [0.25, 0.3) is 0 Å². The van der Waals surface area contributed by atoms with Crippen molar-refractivity contribution in [2.24, 2.45) is 5.92 Å². The third-order valence-corrected chi connectivity index (χ3v) is 3.40. The molecule has 0 radical (unpaired) electrons. The van der Waals surface area contributed by atoms with E-state index in [0.717, 1.165) is 19.4 Å². The second-order valence-electron chi connectivity index (χ2n) is 4.53. The second kappa shape index (κ2) is 4.29. The number of piperidine rings is 1. The minimum absolute atomic E-state index is 0.234. The molecule has 2 amide bonds. The highest BCUT2D eigenvalue weighted by atomic mass is 16.4. The Bertz CT molecular complexity index is 307. The van der Waals surface area contributed by atoms with Gasteiger partial charge in [-0.15, -0.1) is 0 Å². The quantitative estimate of drug-likeness (QED) is 0.614. The van der Waals surface area contributed by atoms with Crippen molar-refractivity contribution in [3.63, 3.8) is 0 Å². The van der Waals surface area contributed by atoms with E-state index in [4.69, 9.17) is 10.2 Å². The Morgan fingerprint density at radius 1 is 1.44 bits per heavy atom. The lowest BCUT2D eigenvalue weighted by molar-refractivity contribution is -0.146. The van der Waals surface area contributed by atoms with Crippen LogP contribution in [0.5, 0.6) is 0 Å². The van der Waals surface area contributed by atoms with Crippen molar-refractivity contribution in [2.45, 2.75) is 31.4 Å². The van der Waals surface area contributed by atoms with Gasteiger partial charge in [0.2, 0.25) is 0 Å². The molecule has 90 valence electrons. The summed E-state index contributed by atoms with van der Waals surface area (Å²) in [5.41, 5.74) is 0. The van der Waals surface area contributed by atoms with Crippen LogP contribution < -0.4 is 5.32 Å². The summed E-state index contributed by atoms with van der Waals surface area (Å²) in [6.07, 6.45) is 1.77. The van der Waals surface area contributed by atoms with Crippen LogP contribution in [-0.4, -0.2) is 52.3 Å². The van der Waals surface area contributed by atoms with Crippen LogP contribution in [0.4, 0.5) is 4.79 Å². The summed E-state index contributed by atoms with van der Waals surface area (Å²) < 4.78 is 0. The highest BCUT2D eigenvalue weighted by Gasteiger charge is 2.40. The molecule has 1 heterocycles. The first-order valence-corrected chi connectivity index (χ1v) is 5.53. The number of hydrogen-bond acceptors (Lipinski definition) is 3. The van der Waals surface area contributed by atoms with Crippen molar-refractivity contribution < 1.29 is 19.8 Å². The van der Waals surface area contributed by atoms with E-state index >= 15 is 0 Å². The first-order valence-electron chi connectivity index (χ1n) is 5.53. The fourth-order valence-corrected chi connectivity index (χ4v) is 2.55. The van der Waals surface area contributed by atoms with Crippen molar-refractivity contribution >= 4 is 12.0 Å². The first kappa shape index (κ1) is 11.2. The fourth-order valence-electron chi connectivity index (χ4n) is 2.55. The maximum Gasteiger partial charge on any atom is 0.334 e. The van der Waals surface area contributed by atoms with Gasteiger partial charge in [-0.25, -0.2) is 9.59 Å². The Hall–Kier alpha value is -1.30. The summed E-state index contributed by atoms with van der Waals surface area (Å²) in [7, 11) is 0. The fraction of sp³-hybridized carbons (Fsp3) is 0.800. The largest absolute Gasteiger partial charge is 0.479 e. The van der Waals surface area contributed by atoms with Gasteiger partial charge in [-0.2, -0.15) is 0 Å². The van der Waals surface area contributed by atoms with Crippen LogP contribution >= 0.6 is 0 Å². The van der Waals surface area contributed by atoms with Gasteiger partial charge in [-0.1, -0.05) is 0 Å². The molecule has 2 aliphatic rings. The van der Waals surface area contributed by atoms with Gasteiger partial charge in [0.05, 0.1) is 6.54 Å². The molecule has 2 fully saturated rings. The molecule has 3 atom stereocenters. The number of urea groups is 1. The molecule has 6 nitrogen and oxygen atoms in total. The molecule has 2 unspecified atom stereocenters. The van der Waals surface area contributed by atoms with E-state index < -0.39 is 12.1 Å². The molecule has 0 aromatic heterocycles. The van der Waals surface area contributed by atoms with E-state index in [9.17, 15) is 9.59 Å². The van der Waals surface area contributed by atoms with E-state index in [1.54, 1.807) is 4.90 Å². The van der Waals surface area contributed by atoms with E-state index in [-0.39, 0.29) is 12.6 Å². The number of amides is 2. The Morgan fingerprint density at radius 3 is 2.69 bits per heavy atom. The minimum atomic E-state index is -1.52. The molecule has 16 heavy (non-hydrogen) atoms. The molecular formula is C10H16N2O4. The molecule has 2 rings (SSSR count). The summed E-state index contributed by atoms with van der Waals surface area (Å²) in [4.78, 5) is 23.8. The number of carboxylic acid groups (broad SMARTS) is 1. The van der Waals surface area contributed by atoms with E-state index in [0.29, 0.717) is 12.0 Å². The number of aliphatic carboxylic acids is 1. The summed E-state index contributed by atoms with van der Waals surface area (Å²) in [6.45, 7) is 0.529. The lowest BCUT2D eigenvalue weighted by Gasteiger charge is -2.27. The van der Waals surface area contributed by atoms with Crippen LogP contribution in [0.3, 0.4) is 0 Å². The Morgan fingerprint density at radius 2 is 2.19 bits per heavy atom. The van der Waals surface area contributed by atoms with Gasteiger partial charge < -0.3 is 20.4 Å². The number of nitrogens with one attached hydrogen (secondary N) is 1. The smallest absolute Gasteiger partial charge is 0.334 e. The molecule has 1 aliphatic heterocycles. The molecule has 3 N–H and O–H groups in total. The number of likely N-dealkylation sites (tertiary alicyclic amines) is 1. The summed E-state index contributed by atoms with van der Waals surface area (Å²) in [6, 6.07) is 0.0551. The zero-order valence-corrected chi connectivity index (χ0v) is 8.93. The van der Waals surface area contributed by atoms with E-state index in [2.05, 4.69) is 5.32 Å². The Balaban J connectivity index is 1.78. The lowest BCUT2D eigenvalue weighted by Crippen LogP contribution is -2.47. The van der Waals surface area contributed by atoms with E-state index in [1.807, 2.05) is 0 Å². The average Bonchev–Trinajstić information content (AvgIpc) is 2.86.